The first-order valence-electron chi connectivity index (χ1n) is 10.4. The van der Waals surface area contributed by atoms with Crippen LogP contribution in [0.2, 0.25) is 0 Å². The van der Waals surface area contributed by atoms with Crippen molar-refractivity contribution in [3.05, 3.63) is 11.6 Å². The van der Waals surface area contributed by atoms with Crippen LogP contribution in [-0.2, 0) is 4.79 Å². The van der Waals surface area contributed by atoms with E-state index in [1.807, 2.05) is 0 Å². The van der Waals surface area contributed by atoms with Gasteiger partial charge >= 0.3 is 0 Å². The number of carbonyl (C=O) groups is 1. The molecule has 0 heterocycles. The first-order chi connectivity index (χ1) is 11.2. The molecule has 0 spiro atoms. The average molecular weight is 312 g/mol. The molecule has 0 aliphatic heterocycles. The van der Waals surface area contributed by atoms with Crippen molar-refractivity contribution < 1.29 is 4.79 Å². The maximum absolute atomic E-state index is 12.2. The van der Waals surface area contributed by atoms with Gasteiger partial charge in [-0.25, -0.2) is 0 Å². The summed E-state index contributed by atoms with van der Waals surface area (Å²) in [5, 5.41) is 0. The van der Waals surface area contributed by atoms with Crippen molar-refractivity contribution in [3.63, 3.8) is 0 Å². The molecule has 0 bridgehead atoms. The molecule has 126 valence electrons. The summed E-state index contributed by atoms with van der Waals surface area (Å²) in [4.78, 5) is 12.2. The van der Waals surface area contributed by atoms with Crippen molar-refractivity contribution in [2.45, 2.75) is 77.6 Å². The van der Waals surface area contributed by atoms with Crippen molar-refractivity contribution >= 4 is 5.78 Å². The van der Waals surface area contributed by atoms with Crippen LogP contribution in [0, 0.1) is 40.9 Å². The predicted molar refractivity (Wildman–Crippen MR) is 92.9 cm³/mol. The summed E-state index contributed by atoms with van der Waals surface area (Å²) in [6.07, 6.45) is 17.3. The Morgan fingerprint density at radius 1 is 1.04 bits per heavy atom. The summed E-state index contributed by atoms with van der Waals surface area (Å²) in [5.74, 6) is 5.81. The molecule has 5 rings (SSSR count). The summed E-state index contributed by atoms with van der Waals surface area (Å²) in [5.41, 5.74) is 2.29. The molecule has 1 nitrogen and oxygen atoms in total. The maximum atomic E-state index is 12.2. The fraction of sp³-hybridized carbons (Fsp3) is 0.864. The van der Waals surface area contributed by atoms with Gasteiger partial charge in [-0.15, -0.1) is 0 Å². The molecule has 5 aliphatic rings. The Hall–Kier alpha value is -0.590. The maximum Gasteiger partial charge on any atom is 0.155 e. The van der Waals surface area contributed by atoms with Crippen molar-refractivity contribution in [3.8, 4) is 0 Å². The minimum atomic E-state index is 0.450. The molecule has 0 aromatic heterocycles. The minimum absolute atomic E-state index is 0.450. The molecule has 0 aromatic carbocycles. The van der Waals surface area contributed by atoms with Gasteiger partial charge in [0.2, 0.25) is 0 Å². The van der Waals surface area contributed by atoms with Crippen LogP contribution in [-0.4, -0.2) is 5.78 Å². The van der Waals surface area contributed by atoms with Crippen molar-refractivity contribution in [1.29, 1.82) is 0 Å². The van der Waals surface area contributed by atoms with Gasteiger partial charge in [0.05, 0.1) is 0 Å². The number of allylic oxidation sites excluding steroid dienone is 1. The minimum Gasteiger partial charge on any atom is -0.295 e. The van der Waals surface area contributed by atoms with Gasteiger partial charge in [0.15, 0.2) is 5.78 Å². The molecule has 0 amide bonds. The second-order valence-corrected chi connectivity index (χ2v) is 9.54. The molecule has 0 aromatic rings. The number of hydrogen-bond acceptors (Lipinski definition) is 1. The zero-order chi connectivity index (χ0) is 15.6. The highest BCUT2D eigenvalue weighted by atomic mass is 16.1. The summed E-state index contributed by atoms with van der Waals surface area (Å²) in [6, 6.07) is 0. The molecule has 6 atom stereocenters. The van der Waals surface area contributed by atoms with E-state index in [1.165, 1.54) is 64.2 Å². The number of fused-ring (bicyclic) bond motifs is 5. The summed E-state index contributed by atoms with van der Waals surface area (Å²) in [6.45, 7) is 2.46. The van der Waals surface area contributed by atoms with Crippen LogP contribution < -0.4 is 0 Å². The highest BCUT2D eigenvalue weighted by Gasteiger charge is 2.56. The van der Waals surface area contributed by atoms with Gasteiger partial charge < -0.3 is 0 Å². The molecule has 0 saturated heterocycles. The normalized spacial score (nSPS) is 49.2. The molecule has 5 aliphatic carbocycles. The lowest BCUT2D eigenvalue weighted by Gasteiger charge is -2.55. The molecule has 0 radical (unpaired) electrons. The van der Waals surface area contributed by atoms with Crippen molar-refractivity contribution in [2.24, 2.45) is 40.9 Å². The summed E-state index contributed by atoms with van der Waals surface area (Å²) >= 11 is 0. The number of rotatable bonds is 2. The molecule has 1 unspecified atom stereocenters. The molecular formula is C22H32O. The van der Waals surface area contributed by atoms with Gasteiger partial charge in [-0.2, -0.15) is 0 Å². The van der Waals surface area contributed by atoms with Gasteiger partial charge in [-0.3, -0.25) is 4.79 Å². The van der Waals surface area contributed by atoms with Gasteiger partial charge in [0.1, 0.15) is 0 Å². The van der Waals surface area contributed by atoms with E-state index in [0.29, 0.717) is 11.2 Å². The third kappa shape index (κ3) is 2.14. The Morgan fingerprint density at radius 3 is 2.70 bits per heavy atom. The molecule has 0 N–H and O–H groups in total. The Labute approximate surface area is 141 Å². The van der Waals surface area contributed by atoms with Crippen LogP contribution in [0.4, 0.5) is 0 Å². The first-order valence-corrected chi connectivity index (χ1v) is 10.4. The molecule has 1 heteroatoms. The van der Waals surface area contributed by atoms with Crippen LogP contribution in [0.15, 0.2) is 11.6 Å². The van der Waals surface area contributed by atoms with Gasteiger partial charge in [-0.05, 0) is 98.4 Å². The molecule has 23 heavy (non-hydrogen) atoms. The second-order valence-electron chi connectivity index (χ2n) is 9.54. The fourth-order valence-electron chi connectivity index (χ4n) is 7.73. The van der Waals surface area contributed by atoms with Crippen LogP contribution in [0.25, 0.3) is 0 Å². The van der Waals surface area contributed by atoms with E-state index in [9.17, 15) is 4.79 Å². The van der Waals surface area contributed by atoms with Gasteiger partial charge in [0.25, 0.3) is 0 Å². The smallest absolute Gasteiger partial charge is 0.155 e. The SMILES string of the molecule is CC[C@@]12CCC[C@H]1[C@@H]1CCC3=CC(=O)CC(C4CC4)[C@@H]3[C@H]1CC2. The lowest BCUT2D eigenvalue weighted by molar-refractivity contribution is -0.118. The van der Waals surface area contributed by atoms with E-state index >= 15 is 0 Å². The largest absolute Gasteiger partial charge is 0.295 e. The third-order valence-electron chi connectivity index (χ3n) is 8.85. The van der Waals surface area contributed by atoms with E-state index in [0.717, 1.165) is 41.9 Å². The number of hydrogen-bond donors (Lipinski definition) is 0. The van der Waals surface area contributed by atoms with E-state index < -0.39 is 0 Å². The first kappa shape index (κ1) is 14.7. The lowest BCUT2D eigenvalue weighted by atomic mass is 9.49. The molecule has 4 fully saturated rings. The molecule has 4 saturated carbocycles. The highest BCUT2D eigenvalue weighted by Crippen LogP contribution is 2.64. The zero-order valence-corrected chi connectivity index (χ0v) is 14.7. The summed E-state index contributed by atoms with van der Waals surface area (Å²) < 4.78 is 0. The Bertz CT molecular complexity index is 542. The topological polar surface area (TPSA) is 17.1 Å². The highest BCUT2D eigenvalue weighted by molar-refractivity contribution is 5.91. The van der Waals surface area contributed by atoms with Crippen molar-refractivity contribution in [1.82, 2.24) is 0 Å². The average Bonchev–Trinajstić information content (AvgIpc) is 3.32. The Balaban J connectivity index is 1.48. The predicted octanol–water partition coefficient (Wildman–Crippen LogP) is 5.54. The molecular weight excluding hydrogens is 280 g/mol. The van der Waals surface area contributed by atoms with Crippen LogP contribution in [0.3, 0.4) is 0 Å². The van der Waals surface area contributed by atoms with Crippen LogP contribution in [0.5, 0.6) is 0 Å². The summed E-state index contributed by atoms with van der Waals surface area (Å²) in [7, 11) is 0. The van der Waals surface area contributed by atoms with E-state index in [1.54, 1.807) is 5.57 Å². The number of carbonyl (C=O) groups excluding carboxylic acids is 1. The Morgan fingerprint density at radius 2 is 1.91 bits per heavy atom. The fourth-order valence-corrected chi connectivity index (χ4v) is 7.73. The van der Waals surface area contributed by atoms with Crippen LogP contribution in [0.1, 0.15) is 77.6 Å². The second kappa shape index (κ2) is 5.20. The van der Waals surface area contributed by atoms with Gasteiger partial charge in [-0.1, -0.05) is 25.3 Å². The van der Waals surface area contributed by atoms with E-state index in [2.05, 4.69) is 13.0 Å². The van der Waals surface area contributed by atoms with E-state index in [-0.39, 0.29) is 0 Å². The zero-order valence-electron chi connectivity index (χ0n) is 14.7. The van der Waals surface area contributed by atoms with Crippen molar-refractivity contribution in [2.75, 3.05) is 0 Å². The third-order valence-corrected chi connectivity index (χ3v) is 8.85. The quantitative estimate of drug-likeness (QED) is 0.654. The lowest BCUT2D eigenvalue weighted by Crippen LogP contribution is -2.47. The Kier molecular flexibility index (Phi) is 3.33. The number of ketones is 1. The monoisotopic (exact) mass is 312 g/mol. The van der Waals surface area contributed by atoms with Gasteiger partial charge in [0, 0.05) is 6.42 Å². The standard InChI is InChI=1S/C22H32O/c1-2-22-10-3-4-20(22)17-8-7-15-12-16(23)13-19(14-5-6-14)21(15)18(17)9-11-22/h12,14,17-21H,2-11,13H2,1H3/t17-,18+,19?,20+,21+,22+/m1/s1. The van der Waals surface area contributed by atoms with E-state index in [4.69, 9.17) is 0 Å². The van der Waals surface area contributed by atoms with Crippen LogP contribution >= 0.6 is 0 Å².